The summed E-state index contributed by atoms with van der Waals surface area (Å²) >= 11 is 0. The van der Waals surface area contributed by atoms with Gasteiger partial charge in [-0.3, -0.25) is 0 Å². The Kier molecular flexibility index (Phi) is 7.47. The molecule has 1 aliphatic rings. The van der Waals surface area contributed by atoms with E-state index in [-0.39, 0.29) is 11.6 Å². The van der Waals surface area contributed by atoms with Gasteiger partial charge in [-0.2, -0.15) is 0 Å². The summed E-state index contributed by atoms with van der Waals surface area (Å²) in [5, 5.41) is 14.1. The summed E-state index contributed by atoms with van der Waals surface area (Å²) in [6, 6.07) is 2.14. The Morgan fingerprint density at radius 3 is 2.52 bits per heavy atom. The average molecular weight is 446 g/mol. The maximum Gasteiger partial charge on any atom is 0.339 e. The van der Waals surface area contributed by atoms with Crippen molar-refractivity contribution in [3.8, 4) is 0 Å². The van der Waals surface area contributed by atoms with Crippen LogP contribution in [-0.2, 0) is 4.43 Å². The van der Waals surface area contributed by atoms with Crippen LogP contribution < -0.4 is 5.32 Å². The van der Waals surface area contributed by atoms with Crippen molar-refractivity contribution in [2.45, 2.75) is 89.9 Å². The predicted molar refractivity (Wildman–Crippen MR) is 129 cm³/mol. The molecule has 1 saturated carbocycles. The normalized spacial score (nSPS) is 20.2. The van der Waals surface area contributed by atoms with E-state index in [0.717, 1.165) is 31.3 Å². The molecule has 7 heteroatoms. The summed E-state index contributed by atoms with van der Waals surface area (Å²) in [6.07, 6.45) is 7.62. The first kappa shape index (κ1) is 23.8. The maximum atomic E-state index is 11.8. The number of carboxylic acids is 1. The molecule has 0 amide bonds. The lowest BCUT2D eigenvalue weighted by Crippen LogP contribution is -2.49. The van der Waals surface area contributed by atoms with E-state index in [9.17, 15) is 9.90 Å². The summed E-state index contributed by atoms with van der Waals surface area (Å²) in [6.45, 7) is 14.8. The van der Waals surface area contributed by atoms with Gasteiger partial charge >= 0.3 is 5.97 Å². The highest BCUT2D eigenvalue weighted by Gasteiger charge is 2.45. The zero-order valence-corrected chi connectivity index (χ0v) is 20.9. The Morgan fingerprint density at radius 1 is 1.23 bits per heavy atom. The number of anilines is 1. The number of fused-ring (bicyclic) bond motifs is 1. The fourth-order valence-corrected chi connectivity index (χ4v) is 11.4. The lowest BCUT2D eigenvalue weighted by atomic mass is 9.86. The van der Waals surface area contributed by atoms with Crippen LogP contribution in [0.2, 0.25) is 16.6 Å². The molecule has 2 aromatic heterocycles. The standard InChI is InChI=1S/C24H39N3O3Si/c1-15(2)31(16(3)4,17(5)6)30-14-18-8-7-9-19(12-18)27-22-20-10-11-25-23(20)26-13-21(22)24(28)29/h10-11,13,15-19H,7-9,12,14H2,1-6H3,(H,28,29)(H2,25,26,27)/t18-,19-/m1/s1. The van der Waals surface area contributed by atoms with E-state index < -0.39 is 14.3 Å². The molecule has 0 radical (unpaired) electrons. The molecule has 1 fully saturated rings. The Balaban J connectivity index is 1.73. The molecule has 0 bridgehead atoms. The molecule has 2 heterocycles. The number of aromatic nitrogens is 2. The van der Waals surface area contributed by atoms with Crippen LogP contribution in [-0.4, -0.2) is 42.0 Å². The van der Waals surface area contributed by atoms with Crippen molar-refractivity contribution in [1.82, 2.24) is 9.97 Å². The van der Waals surface area contributed by atoms with Crippen LogP contribution in [0.1, 0.15) is 77.6 Å². The number of hydrogen-bond donors (Lipinski definition) is 3. The molecular formula is C24H39N3O3Si. The van der Waals surface area contributed by atoms with E-state index in [0.29, 0.717) is 33.9 Å². The number of carboxylic acid groups (broad SMARTS) is 1. The quantitative estimate of drug-likeness (QED) is 0.387. The largest absolute Gasteiger partial charge is 0.478 e. The number of H-pyrrole nitrogens is 1. The first-order chi connectivity index (χ1) is 14.7. The van der Waals surface area contributed by atoms with E-state index in [1.807, 2.05) is 6.07 Å². The molecule has 2 aromatic rings. The lowest BCUT2D eigenvalue weighted by Gasteiger charge is -2.43. The monoisotopic (exact) mass is 445 g/mol. The second-order valence-corrected chi connectivity index (χ2v) is 15.6. The van der Waals surface area contributed by atoms with Crippen LogP contribution in [0, 0.1) is 5.92 Å². The molecule has 0 aliphatic heterocycles. The van der Waals surface area contributed by atoms with Crippen LogP contribution in [0.15, 0.2) is 18.5 Å². The van der Waals surface area contributed by atoms with Crippen LogP contribution in [0.25, 0.3) is 11.0 Å². The van der Waals surface area contributed by atoms with Crippen LogP contribution in [0.5, 0.6) is 0 Å². The van der Waals surface area contributed by atoms with E-state index in [2.05, 4.69) is 56.8 Å². The summed E-state index contributed by atoms with van der Waals surface area (Å²) in [5.74, 6) is -0.443. The SMILES string of the molecule is CC(C)[Si](OC[C@@H]1CCC[C@@H](Nc2c(C(=O)O)cnc3[nH]ccc23)C1)(C(C)C)C(C)C. The third-order valence-corrected chi connectivity index (χ3v) is 13.3. The molecule has 0 saturated heterocycles. The van der Waals surface area contributed by atoms with Gasteiger partial charge in [0.1, 0.15) is 11.2 Å². The average Bonchev–Trinajstić information content (AvgIpc) is 3.17. The topological polar surface area (TPSA) is 87.2 Å². The van der Waals surface area contributed by atoms with Gasteiger partial charge in [0.2, 0.25) is 0 Å². The van der Waals surface area contributed by atoms with Crippen molar-refractivity contribution in [2.24, 2.45) is 5.92 Å². The molecule has 0 aromatic carbocycles. The highest BCUT2D eigenvalue weighted by atomic mass is 28.4. The minimum Gasteiger partial charge on any atom is -0.478 e. The minimum absolute atomic E-state index is 0.233. The zero-order valence-electron chi connectivity index (χ0n) is 19.9. The number of hydrogen-bond acceptors (Lipinski definition) is 4. The molecule has 172 valence electrons. The number of rotatable bonds is 9. The Bertz CT molecular complexity index is 872. The molecule has 31 heavy (non-hydrogen) atoms. The summed E-state index contributed by atoms with van der Waals surface area (Å²) < 4.78 is 6.87. The molecule has 3 N–H and O–H groups in total. The first-order valence-electron chi connectivity index (χ1n) is 11.8. The van der Waals surface area contributed by atoms with Crippen molar-refractivity contribution in [2.75, 3.05) is 11.9 Å². The number of pyridine rings is 1. The molecular weight excluding hydrogens is 406 g/mol. The van der Waals surface area contributed by atoms with Gasteiger partial charge < -0.3 is 19.8 Å². The molecule has 0 unspecified atom stereocenters. The Morgan fingerprint density at radius 2 is 1.90 bits per heavy atom. The molecule has 2 atom stereocenters. The van der Waals surface area contributed by atoms with Gasteiger partial charge in [-0.25, -0.2) is 9.78 Å². The molecule has 3 rings (SSSR count). The summed E-state index contributed by atoms with van der Waals surface area (Å²) in [5.41, 5.74) is 3.38. The summed E-state index contributed by atoms with van der Waals surface area (Å²) in [4.78, 5) is 19.1. The van der Waals surface area contributed by atoms with Gasteiger partial charge in [0.05, 0.1) is 5.69 Å². The summed E-state index contributed by atoms with van der Waals surface area (Å²) in [7, 11) is -1.87. The number of carbonyl (C=O) groups is 1. The number of aromatic carboxylic acids is 1. The lowest BCUT2D eigenvalue weighted by molar-refractivity contribution is 0.0697. The van der Waals surface area contributed by atoms with E-state index in [1.165, 1.54) is 12.6 Å². The van der Waals surface area contributed by atoms with E-state index >= 15 is 0 Å². The molecule has 1 aliphatic carbocycles. The first-order valence-corrected chi connectivity index (χ1v) is 13.9. The fraction of sp³-hybridized carbons (Fsp3) is 0.667. The Hall–Kier alpha value is -1.86. The predicted octanol–water partition coefficient (Wildman–Crippen LogP) is 6.42. The van der Waals surface area contributed by atoms with Gasteiger partial charge in [0.15, 0.2) is 8.32 Å². The van der Waals surface area contributed by atoms with Crippen molar-refractivity contribution >= 4 is 31.0 Å². The van der Waals surface area contributed by atoms with Crippen LogP contribution in [0.4, 0.5) is 5.69 Å². The molecule has 0 spiro atoms. The van der Waals surface area contributed by atoms with Gasteiger partial charge in [-0.15, -0.1) is 0 Å². The highest BCUT2D eigenvalue weighted by Crippen LogP contribution is 2.43. The smallest absolute Gasteiger partial charge is 0.339 e. The third kappa shape index (κ3) is 4.82. The van der Waals surface area contributed by atoms with Crippen molar-refractivity contribution in [3.63, 3.8) is 0 Å². The van der Waals surface area contributed by atoms with Gasteiger partial charge in [0, 0.05) is 30.4 Å². The number of nitrogens with one attached hydrogen (secondary N) is 2. The number of aromatic amines is 1. The van der Waals surface area contributed by atoms with Gasteiger partial charge in [0.25, 0.3) is 0 Å². The van der Waals surface area contributed by atoms with Gasteiger partial charge in [-0.05, 0) is 47.9 Å². The third-order valence-electron chi connectivity index (χ3n) is 7.22. The van der Waals surface area contributed by atoms with Crippen molar-refractivity contribution in [1.29, 1.82) is 0 Å². The van der Waals surface area contributed by atoms with Crippen LogP contribution >= 0.6 is 0 Å². The zero-order chi connectivity index (χ0) is 22.8. The fourth-order valence-electron chi connectivity index (χ4n) is 5.87. The minimum atomic E-state index is -1.87. The Labute approximate surface area is 187 Å². The molecule has 6 nitrogen and oxygen atoms in total. The van der Waals surface area contributed by atoms with Crippen LogP contribution in [0.3, 0.4) is 0 Å². The van der Waals surface area contributed by atoms with E-state index in [4.69, 9.17) is 4.43 Å². The van der Waals surface area contributed by atoms with Crippen molar-refractivity contribution in [3.05, 3.63) is 24.0 Å². The van der Waals surface area contributed by atoms with Gasteiger partial charge in [-0.1, -0.05) is 48.0 Å². The second-order valence-electron chi connectivity index (χ2n) is 10.1. The van der Waals surface area contributed by atoms with Crippen molar-refractivity contribution < 1.29 is 14.3 Å². The number of nitrogens with zero attached hydrogens (tertiary/aromatic N) is 1. The van der Waals surface area contributed by atoms with E-state index in [1.54, 1.807) is 6.20 Å². The second kappa shape index (κ2) is 9.73. The maximum absolute atomic E-state index is 11.8. The highest BCUT2D eigenvalue weighted by molar-refractivity contribution is 6.77.